The van der Waals surface area contributed by atoms with Crippen LogP contribution in [0.3, 0.4) is 0 Å². The van der Waals surface area contributed by atoms with E-state index < -0.39 is 79.9 Å². The SMILES string of the molecule is CC(C)(C)CC(C)(C)c1cc(-c2c(OCCCOc3cc(F)c(F)c(F)c3-c3cc(C(C)(C)CC(C)(C)C)cc(-n4c5ccc(C(C)(C)C)cc5c5cc(C(C)(C)C)ccc54)c3O)cc(F)c(F)c2F)c(O)c(-n2c3c(c4cc(C(C)(C)C)ccc42)=CC(C(C)(C)C)CC=3)c1.[CH3-].[CH3-].[Hf]. The second kappa shape index (κ2) is 27.3. The van der Waals surface area contributed by atoms with Gasteiger partial charge in [0.1, 0.15) is 23.0 Å². The van der Waals surface area contributed by atoms with Crippen LogP contribution in [0, 0.1) is 71.9 Å². The number of fused-ring (bicyclic) bond motifs is 6. The van der Waals surface area contributed by atoms with Gasteiger partial charge in [-0.15, -0.1) is 0 Å². The minimum atomic E-state index is -1.77. The molecule has 10 rings (SSSR count). The van der Waals surface area contributed by atoms with Gasteiger partial charge in [-0.3, -0.25) is 0 Å². The van der Waals surface area contributed by atoms with E-state index in [2.05, 4.69) is 201 Å². The van der Waals surface area contributed by atoms with Crippen molar-refractivity contribution in [2.24, 2.45) is 22.2 Å². The molecule has 0 saturated carbocycles. The molecular weight excluding hydrogens is 1410 g/mol. The fourth-order valence-electron chi connectivity index (χ4n) is 14.7. The molecule has 0 amide bonds. The summed E-state index contributed by atoms with van der Waals surface area (Å²) in [7, 11) is 0. The van der Waals surface area contributed by atoms with Crippen LogP contribution in [-0.2, 0) is 52.9 Å². The van der Waals surface area contributed by atoms with Gasteiger partial charge in [0, 0.05) is 82.3 Å². The third kappa shape index (κ3) is 15.3. The van der Waals surface area contributed by atoms with E-state index in [0.717, 1.165) is 72.1 Å². The first-order chi connectivity index (χ1) is 43.7. The van der Waals surface area contributed by atoms with Crippen LogP contribution in [0.1, 0.15) is 206 Å². The molecule has 0 radical (unpaired) electrons. The first-order valence-corrected chi connectivity index (χ1v) is 33.5. The number of rotatable bonds is 14. The molecule has 0 fully saturated rings. The van der Waals surface area contributed by atoms with Crippen LogP contribution in [0.5, 0.6) is 23.0 Å². The van der Waals surface area contributed by atoms with Crippen molar-refractivity contribution in [2.45, 2.75) is 205 Å². The molecule has 9 aromatic rings. The number of halogens is 6. The van der Waals surface area contributed by atoms with Gasteiger partial charge in [-0.1, -0.05) is 183 Å². The summed E-state index contributed by atoms with van der Waals surface area (Å²) in [5, 5.41) is 30.6. The minimum absolute atomic E-state index is 0. The Morgan fingerprint density at radius 1 is 0.439 bits per heavy atom. The quantitative estimate of drug-likeness (QED) is 0.0374. The minimum Gasteiger partial charge on any atom is -0.505 e. The van der Waals surface area contributed by atoms with Gasteiger partial charge >= 0.3 is 0 Å². The Morgan fingerprint density at radius 3 is 1.15 bits per heavy atom. The third-order valence-corrected chi connectivity index (χ3v) is 19.2. The topological polar surface area (TPSA) is 68.8 Å². The third-order valence-electron chi connectivity index (χ3n) is 19.2. The number of phenolic OH excluding ortho intramolecular Hbond substituents is 2. The average Bonchev–Trinajstić information content (AvgIpc) is 1.62. The van der Waals surface area contributed by atoms with Crippen molar-refractivity contribution in [3.63, 3.8) is 0 Å². The molecule has 1 aliphatic rings. The van der Waals surface area contributed by atoms with E-state index >= 15 is 26.3 Å². The van der Waals surface area contributed by atoms with E-state index in [-0.39, 0.29) is 116 Å². The predicted molar refractivity (Wildman–Crippen MR) is 392 cm³/mol. The average molecular weight is 1510 g/mol. The van der Waals surface area contributed by atoms with Gasteiger partial charge in [0.05, 0.1) is 52.3 Å². The molecule has 98 heavy (non-hydrogen) atoms. The van der Waals surface area contributed by atoms with Crippen molar-refractivity contribution in [1.29, 1.82) is 0 Å². The molecule has 2 heterocycles. The molecule has 0 spiro atoms. The maximum Gasteiger partial charge on any atom is 0.195 e. The van der Waals surface area contributed by atoms with Crippen molar-refractivity contribution >= 4 is 44.9 Å². The molecule has 2 aromatic heterocycles. The molecule has 0 aliphatic heterocycles. The van der Waals surface area contributed by atoms with Gasteiger partial charge in [0.2, 0.25) is 0 Å². The van der Waals surface area contributed by atoms with Gasteiger partial charge in [0.25, 0.3) is 0 Å². The largest absolute Gasteiger partial charge is 0.505 e. The Morgan fingerprint density at radius 2 is 0.796 bits per heavy atom. The zero-order valence-corrected chi connectivity index (χ0v) is 66.1. The number of ether oxygens (including phenoxy) is 2. The zero-order chi connectivity index (χ0) is 70.2. The van der Waals surface area contributed by atoms with E-state index in [1.54, 1.807) is 12.1 Å². The van der Waals surface area contributed by atoms with E-state index in [1.807, 2.05) is 39.5 Å². The standard InChI is InChI=1S/C83H98F6N2O4.2CH3.Hf/c1-76(2,3)44-82(19,20)50-38-56(74(92)64(40-50)90-60-28-24-46(78(7,8)9)34-52(60)53-35-47(79(10,11)12)25-29-61(53)90)68-66(42-58(84)70(86)72(68)88)94-32-23-33-95-67-43-59(85)71(87)73(89)69(67)57-39-51(83(21,22)45-77(4,5)6)41-65(75(57)93)91-62-30-26-48(80(13,14)15)36-54(62)55-37-49(81(16,17)18)27-31-63(55)91;;;/h24-26,28-31,34-43,49,92-93H,23,27,32-33,44-45H2,1-22H3;2*1H3;/q;2*-1;. The van der Waals surface area contributed by atoms with Crippen LogP contribution in [0.4, 0.5) is 26.3 Å². The maximum atomic E-state index is 17.1. The van der Waals surface area contributed by atoms with Crippen molar-refractivity contribution in [3.05, 3.63) is 179 Å². The van der Waals surface area contributed by atoms with Gasteiger partial charge < -0.3 is 43.7 Å². The summed E-state index contributed by atoms with van der Waals surface area (Å²) in [5.74, 6) is -11.2. The Hall–Kier alpha value is -6.73. The monoisotopic (exact) mass is 1510 g/mol. The van der Waals surface area contributed by atoms with Crippen molar-refractivity contribution < 1.29 is 71.9 Å². The Kier molecular flexibility index (Phi) is 21.9. The van der Waals surface area contributed by atoms with E-state index in [1.165, 1.54) is 0 Å². The number of aromatic hydroxyl groups is 2. The number of phenols is 2. The van der Waals surface area contributed by atoms with Crippen LogP contribution < -0.4 is 20.0 Å². The summed E-state index contributed by atoms with van der Waals surface area (Å²) < 4.78 is 114. The zero-order valence-electron chi connectivity index (χ0n) is 62.5. The van der Waals surface area contributed by atoms with E-state index in [4.69, 9.17) is 9.47 Å². The maximum absolute atomic E-state index is 17.1. The molecular formula is C85H104F6HfN2O4-2. The second-order valence-electron chi connectivity index (χ2n) is 34.8. The molecule has 0 saturated heterocycles. The van der Waals surface area contributed by atoms with Gasteiger partial charge in [-0.05, 0) is 157 Å². The number of benzene rings is 7. The number of hydrogen-bond acceptors (Lipinski definition) is 4. The van der Waals surface area contributed by atoms with Crippen LogP contribution >= 0.6 is 0 Å². The number of aromatic nitrogens is 2. The molecule has 526 valence electrons. The molecule has 2 N–H and O–H groups in total. The van der Waals surface area contributed by atoms with Gasteiger partial charge in [0.15, 0.2) is 34.9 Å². The van der Waals surface area contributed by atoms with Crippen LogP contribution in [0.15, 0.2) is 91.0 Å². The van der Waals surface area contributed by atoms with Crippen molar-refractivity contribution in [1.82, 2.24) is 9.13 Å². The number of nitrogens with zero attached hydrogens (tertiary/aromatic N) is 2. The molecule has 6 nitrogen and oxygen atoms in total. The number of hydrogen-bond donors (Lipinski definition) is 2. The van der Waals surface area contributed by atoms with Crippen molar-refractivity contribution in [2.75, 3.05) is 13.2 Å². The Bertz CT molecular complexity index is 4590. The second-order valence-corrected chi connectivity index (χ2v) is 34.8. The fourth-order valence-corrected chi connectivity index (χ4v) is 14.7. The smallest absolute Gasteiger partial charge is 0.195 e. The molecule has 1 unspecified atom stereocenters. The van der Waals surface area contributed by atoms with E-state index in [9.17, 15) is 10.2 Å². The van der Waals surface area contributed by atoms with Gasteiger partial charge in [-0.2, -0.15) is 0 Å². The van der Waals surface area contributed by atoms with Crippen LogP contribution in [0.25, 0.3) is 78.5 Å². The summed E-state index contributed by atoms with van der Waals surface area (Å²) in [6, 6.07) is 27.4. The first kappa shape index (κ1) is 78.6. The Balaban J connectivity index is 0.00000451. The molecule has 13 heteroatoms. The summed E-state index contributed by atoms with van der Waals surface area (Å²) in [6.07, 6.45) is 6.38. The normalized spacial score (nSPS) is 14.2. The molecule has 0 bridgehead atoms. The van der Waals surface area contributed by atoms with Gasteiger partial charge in [-0.25, -0.2) is 26.3 Å². The van der Waals surface area contributed by atoms with E-state index in [0.29, 0.717) is 36.1 Å². The summed E-state index contributed by atoms with van der Waals surface area (Å²) in [5.41, 5.74) is 3.93. The Labute approximate surface area is 598 Å². The summed E-state index contributed by atoms with van der Waals surface area (Å²) >= 11 is 0. The predicted octanol–water partition coefficient (Wildman–Crippen LogP) is 23.0. The molecule has 1 aliphatic carbocycles. The van der Waals surface area contributed by atoms with Crippen LogP contribution in [0.2, 0.25) is 0 Å². The molecule has 7 aromatic carbocycles. The summed E-state index contributed by atoms with van der Waals surface area (Å²) in [6.45, 7) is 46.3. The summed E-state index contributed by atoms with van der Waals surface area (Å²) in [4.78, 5) is 0. The first-order valence-electron chi connectivity index (χ1n) is 33.5. The van der Waals surface area contributed by atoms with Crippen molar-refractivity contribution in [3.8, 4) is 56.6 Å². The fraction of sp³-hybridized carbons (Fsp3) is 0.435. The van der Waals surface area contributed by atoms with Crippen LogP contribution in [-0.4, -0.2) is 32.6 Å². The molecule has 1 atom stereocenters.